The number of hydrogen-bond acceptors (Lipinski definition) is 1. The number of nitrogens with one attached hydrogen (secondary N) is 1. The van der Waals surface area contributed by atoms with E-state index < -0.39 is 0 Å². The Balaban J connectivity index is 3.11. The number of rotatable bonds is 8. The summed E-state index contributed by atoms with van der Waals surface area (Å²) in [4.78, 5) is 0. The Morgan fingerprint density at radius 1 is 1.15 bits per heavy atom. The van der Waals surface area contributed by atoms with E-state index in [9.17, 15) is 4.39 Å². The molecule has 1 N–H and O–H groups in total. The molecule has 1 rings (SSSR count). The van der Waals surface area contributed by atoms with Crippen molar-refractivity contribution in [3.8, 4) is 0 Å². The van der Waals surface area contributed by atoms with Crippen LogP contribution in [0, 0.1) is 25.6 Å². The van der Waals surface area contributed by atoms with Gasteiger partial charge in [-0.15, -0.1) is 0 Å². The fourth-order valence-corrected chi connectivity index (χ4v) is 3.12. The summed E-state index contributed by atoms with van der Waals surface area (Å²) in [5.41, 5.74) is 2.95. The predicted molar refractivity (Wildman–Crippen MR) is 85.6 cm³/mol. The summed E-state index contributed by atoms with van der Waals surface area (Å²) in [5.74, 6) is 0.453. The summed E-state index contributed by atoms with van der Waals surface area (Å²) in [6, 6.07) is 3.89. The third-order valence-electron chi connectivity index (χ3n) is 4.14. The number of benzene rings is 1. The molecule has 114 valence electrons. The van der Waals surface area contributed by atoms with Crippen LogP contribution in [0.1, 0.15) is 69.2 Å². The van der Waals surface area contributed by atoms with Crippen molar-refractivity contribution in [1.82, 2.24) is 5.32 Å². The number of unbranched alkanes of at least 4 members (excludes halogenated alkanes) is 1. The molecule has 0 saturated carbocycles. The molecule has 0 radical (unpaired) electrons. The SMILES string of the molecule is CCCCC(CC)C(NCC)c1c(C)cc(C)cc1F. The predicted octanol–water partition coefficient (Wildman–Crippen LogP) is 5.31. The quantitative estimate of drug-likeness (QED) is 0.680. The molecule has 0 aromatic heterocycles. The Morgan fingerprint density at radius 2 is 1.85 bits per heavy atom. The second kappa shape index (κ2) is 8.41. The molecular weight excluding hydrogens is 249 g/mol. The zero-order valence-electron chi connectivity index (χ0n) is 13.7. The first-order chi connectivity index (χ1) is 9.54. The Kier molecular flexibility index (Phi) is 7.22. The van der Waals surface area contributed by atoms with Gasteiger partial charge in [-0.3, -0.25) is 0 Å². The molecule has 0 spiro atoms. The summed E-state index contributed by atoms with van der Waals surface area (Å²) < 4.78 is 14.5. The molecule has 1 aromatic rings. The van der Waals surface area contributed by atoms with Gasteiger partial charge in [0.15, 0.2) is 0 Å². The minimum absolute atomic E-state index is 0.0524. The molecule has 1 aromatic carbocycles. The minimum atomic E-state index is -0.0524. The van der Waals surface area contributed by atoms with Crippen molar-refractivity contribution in [3.05, 3.63) is 34.6 Å². The molecule has 0 bridgehead atoms. The molecule has 0 amide bonds. The van der Waals surface area contributed by atoms with Crippen molar-refractivity contribution in [1.29, 1.82) is 0 Å². The number of aryl methyl sites for hydroxylation is 2. The number of halogens is 1. The first-order valence-corrected chi connectivity index (χ1v) is 8.05. The molecule has 0 heterocycles. The lowest BCUT2D eigenvalue weighted by Gasteiger charge is -2.29. The van der Waals surface area contributed by atoms with E-state index in [2.05, 4.69) is 32.2 Å². The van der Waals surface area contributed by atoms with Crippen molar-refractivity contribution in [3.63, 3.8) is 0 Å². The molecule has 1 nitrogen and oxygen atoms in total. The third-order valence-corrected chi connectivity index (χ3v) is 4.14. The Bertz CT molecular complexity index is 391. The number of hydrogen-bond donors (Lipinski definition) is 1. The topological polar surface area (TPSA) is 12.0 Å². The average Bonchev–Trinajstić information content (AvgIpc) is 2.38. The van der Waals surface area contributed by atoms with Crippen LogP contribution in [0.15, 0.2) is 12.1 Å². The lowest BCUT2D eigenvalue weighted by atomic mass is 9.84. The van der Waals surface area contributed by atoms with Crippen LogP contribution in [-0.4, -0.2) is 6.54 Å². The van der Waals surface area contributed by atoms with Crippen LogP contribution >= 0.6 is 0 Å². The highest BCUT2D eigenvalue weighted by molar-refractivity contribution is 5.34. The van der Waals surface area contributed by atoms with Crippen molar-refractivity contribution in [2.45, 2.75) is 66.3 Å². The molecule has 2 unspecified atom stereocenters. The molecular formula is C18H30FN. The highest BCUT2D eigenvalue weighted by Crippen LogP contribution is 2.33. The Morgan fingerprint density at radius 3 is 2.35 bits per heavy atom. The van der Waals surface area contributed by atoms with Crippen LogP contribution in [0.4, 0.5) is 4.39 Å². The van der Waals surface area contributed by atoms with Gasteiger partial charge in [0.1, 0.15) is 5.82 Å². The van der Waals surface area contributed by atoms with Crippen molar-refractivity contribution in [2.75, 3.05) is 6.54 Å². The van der Waals surface area contributed by atoms with Crippen molar-refractivity contribution in [2.24, 2.45) is 5.92 Å². The molecule has 0 saturated heterocycles. The molecule has 2 heteroatoms. The van der Waals surface area contributed by atoms with Crippen LogP contribution in [0.5, 0.6) is 0 Å². The van der Waals surface area contributed by atoms with Crippen LogP contribution in [0.25, 0.3) is 0 Å². The maximum Gasteiger partial charge on any atom is 0.128 e. The summed E-state index contributed by atoms with van der Waals surface area (Å²) in [6.45, 7) is 11.4. The zero-order chi connectivity index (χ0) is 15.1. The smallest absolute Gasteiger partial charge is 0.128 e. The van der Waals surface area contributed by atoms with Gasteiger partial charge in [-0.05, 0) is 49.9 Å². The van der Waals surface area contributed by atoms with E-state index in [0.717, 1.165) is 36.1 Å². The Labute approximate surface area is 124 Å². The monoisotopic (exact) mass is 279 g/mol. The van der Waals surface area contributed by atoms with Crippen molar-refractivity contribution < 1.29 is 4.39 Å². The Hall–Kier alpha value is -0.890. The van der Waals surface area contributed by atoms with Gasteiger partial charge in [-0.25, -0.2) is 4.39 Å². The second-order valence-corrected chi connectivity index (χ2v) is 5.82. The van der Waals surface area contributed by atoms with Gasteiger partial charge in [-0.2, -0.15) is 0 Å². The fourth-order valence-electron chi connectivity index (χ4n) is 3.12. The van der Waals surface area contributed by atoms with E-state index in [-0.39, 0.29) is 11.9 Å². The third kappa shape index (κ3) is 4.31. The maximum absolute atomic E-state index is 14.5. The van der Waals surface area contributed by atoms with Crippen LogP contribution < -0.4 is 5.32 Å². The summed E-state index contributed by atoms with van der Waals surface area (Å²) >= 11 is 0. The molecule has 0 aliphatic rings. The molecule has 0 aliphatic heterocycles. The van der Waals surface area contributed by atoms with Gasteiger partial charge >= 0.3 is 0 Å². The van der Waals surface area contributed by atoms with E-state index >= 15 is 0 Å². The van der Waals surface area contributed by atoms with E-state index in [4.69, 9.17) is 0 Å². The van der Waals surface area contributed by atoms with E-state index in [0.29, 0.717) is 5.92 Å². The molecule has 20 heavy (non-hydrogen) atoms. The van der Waals surface area contributed by atoms with Gasteiger partial charge in [-0.1, -0.05) is 46.1 Å². The van der Waals surface area contributed by atoms with Crippen molar-refractivity contribution >= 4 is 0 Å². The standard InChI is InChI=1S/C18H30FN/c1-6-9-10-15(7-2)18(20-8-3)17-14(5)11-13(4)12-16(17)19/h11-12,15,18,20H,6-10H2,1-5H3. The highest BCUT2D eigenvalue weighted by atomic mass is 19.1. The fraction of sp³-hybridized carbons (Fsp3) is 0.667. The van der Waals surface area contributed by atoms with Gasteiger partial charge in [0.25, 0.3) is 0 Å². The minimum Gasteiger partial charge on any atom is -0.310 e. The normalized spacial score (nSPS) is 14.3. The summed E-state index contributed by atoms with van der Waals surface area (Å²) in [6.07, 6.45) is 4.67. The molecule has 2 atom stereocenters. The summed E-state index contributed by atoms with van der Waals surface area (Å²) in [5, 5.41) is 3.52. The van der Waals surface area contributed by atoms with Gasteiger partial charge in [0.2, 0.25) is 0 Å². The van der Waals surface area contributed by atoms with Gasteiger partial charge in [0, 0.05) is 11.6 Å². The lowest BCUT2D eigenvalue weighted by Crippen LogP contribution is -2.29. The first-order valence-electron chi connectivity index (χ1n) is 8.05. The zero-order valence-corrected chi connectivity index (χ0v) is 13.7. The van der Waals surface area contributed by atoms with E-state index in [1.807, 2.05) is 13.8 Å². The maximum atomic E-state index is 14.5. The van der Waals surface area contributed by atoms with Gasteiger partial charge < -0.3 is 5.32 Å². The van der Waals surface area contributed by atoms with Crippen LogP contribution in [0.2, 0.25) is 0 Å². The molecule has 0 fully saturated rings. The van der Waals surface area contributed by atoms with Crippen LogP contribution in [0.3, 0.4) is 0 Å². The largest absolute Gasteiger partial charge is 0.310 e. The summed E-state index contributed by atoms with van der Waals surface area (Å²) in [7, 11) is 0. The van der Waals surface area contributed by atoms with E-state index in [1.165, 1.54) is 12.8 Å². The van der Waals surface area contributed by atoms with Gasteiger partial charge in [0.05, 0.1) is 0 Å². The second-order valence-electron chi connectivity index (χ2n) is 5.82. The van der Waals surface area contributed by atoms with Crippen LogP contribution in [-0.2, 0) is 0 Å². The lowest BCUT2D eigenvalue weighted by molar-refractivity contribution is 0.319. The van der Waals surface area contributed by atoms with E-state index in [1.54, 1.807) is 6.07 Å². The molecule has 0 aliphatic carbocycles. The first kappa shape index (κ1) is 17.2. The highest BCUT2D eigenvalue weighted by Gasteiger charge is 2.25. The average molecular weight is 279 g/mol.